The Morgan fingerprint density at radius 2 is 1.74 bits per heavy atom. The summed E-state index contributed by atoms with van der Waals surface area (Å²) in [6.45, 7) is 6.09. The van der Waals surface area contributed by atoms with Crippen molar-refractivity contribution in [3.8, 4) is 0 Å². The number of nitrogens with zero attached hydrogens (tertiary/aromatic N) is 1. The van der Waals surface area contributed by atoms with Gasteiger partial charge in [0.25, 0.3) is 0 Å². The maximum atomic E-state index is 12.1. The maximum Gasteiger partial charge on any atom is 0.216 e. The second kappa shape index (κ2) is 7.57. The molecule has 0 saturated heterocycles. The molecule has 0 aliphatic heterocycles. The average Bonchev–Trinajstić information content (AvgIpc) is 2.44. The molecule has 0 unspecified atom stereocenters. The molecule has 0 radical (unpaired) electrons. The summed E-state index contributed by atoms with van der Waals surface area (Å²) in [6.07, 6.45) is 0. The standard InChI is InChI=1S/C17H23N3O2S/c1-13(2)20-23(21,22)12-16-9-5-4-8-15(16)11-18-17-10-6-7-14(3)19-17/h4-10,13,20H,11-12H2,1-3H3,(H,18,19). The van der Waals surface area contributed by atoms with E-state index in [4.69, 9.17) is 0 Å². The Morgan fingerprint density at radius 3 is 2.39 bits per heavy atom. The van der Waals surface area contributed by atoms with Gasteiger partial charge in [0, 0.05) is 18.3 Å². The van der Waals surface area contributed by atoms with Gasteiger partial charge in [0.15, 0.2) is 0 Å². The zero-order valence-corrected chi connectivity index (χ0v) is 14.5. The van der Waals surface area contributed by atoms with Gasteiger partial charge >= 0.3 is 0 Å². The number of hydrogen-bond acceptors (Lipinski definition) is 4. The lowest BCUT2D eigenvalue weighted by Gasteiger charge is -2.13. The van der Waals surface area contributed by atoms with Crippen LogP contribution in [0.15, 0.2) is 42.5 Å². The quantitative estimate of drug-likeness (QED) is 0.817. The highest BCUT2D eigenvalue weighted by Gasteiger charge is 2.15. The van der Waals surface area contributed by atoms with Crippen molar-refractivity contribution in [1.29, 1.82) is 0 Å². The first-order chi connectivity index (χ1) is 10.9. The lowest BCUT2D eigenvalue weighted by atomic mass is 10.1. The van der Waals surface area contributed by atoms with Gasteiger partial charge in [-0.15, -0.1) is 0 Å². The van der Waals surface area contributed by atoms with Crippen molar-refractivity contribution in [1.82, 2.24) is 9.71 Å². The van der Waals surface area contributed by atoms with Gasteiger partial charge < -0.3 is 5.32 Å². The van der Waals surface area contributed by atoms with E-state index >= 15 is 0 Å². The predicted octanol–water partition coefficient (Wildman–Crippen LogP) is 2.83. The molecule has 0 amide bonds. The van der Waals surface area contributed by atoms with E-state index in [-0.39, 0.29) is 11.8 Å². The number of nitrogens with one attached hydrogen (secondary N) is 2. The van der Waals surface area contributed by atoms with Crippen LogP contribution in [0.4, 0.5) is 5.82 Å². The van der Waals surface area contributed by atoms with Crippen LogP contribution in [-0.4, -0.2) is 19.4 Å². The van der Waals surface area contributed by atoms with Crippen LogP contribution in [-0.2, 0) is 22.3 Å². The Kier molecular flexibility index (Phi) is 5.74. The molecule has 0 atom stereocenters. The van der Waals surface area contributed by atoms with Crippen molar-refractivity contribution in [2.45, 2.75) is 39.1 Å². The Bertz CT molecular complexity index is 758. The van der Waals surface area contributed by atoms with Crippen LogP contribution >= 0.6 is 0 Å². The summed E-state index contributed by atoms with van der Waals surface area (Å²) in [4.78, 5) is 4.39. The fraction of sp³-hybridized carbons (Fsp3) is 0.353. The van der Waals surface area contributed by atoms with Gasteiger partial charge in [0.05, 0.1) is 5.75 Å². The largest absolute Gasteiger partial charge is 0.366 e. The number of hydrogen-bond donors (Lipinski definition) is 2. The Labute approximate surface area is 138 Å². The van der Waals surface area contributed by atoms with Crippen LogP contribution in [0, 0.1) is 6.92 Å². The van der Waals surface area contributed by atoms with Gasteiger partial charge in [-0.3, -0.25) is 0 Å². The van der Waals surface area contributed by atoms with Crippen molar-refractivity contribution in [3.05, 3.63) is 59.3 Å². The first-order valence-corrected chi connectivity index (χ1v) is 9.25. The molecule has 1 aromatic carbocycles. The molecule has 2 aromatic rings. The van der Waals surface area contributed by atoms with E-state index in [0.29, 0.717) is 6.54 Å². The topological polar surface area (TPSA) is 71.1 Å². The SMILES string of the molecule is Cc1cccc(NCc2ccccc2CS(=O)(=O)NC(C)C)n1. The van der Waals surface area contributed by atoms with Gasteiger partial charge in [-0.2, -0.15) is 0 Å². The number of rotatable bonds is 7. The fourth-order valence-electron chi connectivity index (χ4n) is 2.30. The molecular weight excluding hydrogens is 310 g/mol. The second-order valence-corrected chi connectivity index (χ2v) is 7.57. The smallest absolute Gasteiger partial charge is 0.216 e. The van der Waals surface area contributed by atoms with E-state index in [2.05, 4.69) is 15.0 Å². The number of aryl methyl sites for hydroxylation is 1. The van der Waals surface area contributed by atoms with Gasteiger partial charge in [0.2, 0.25) is 10.0 Å². The van der Waals surface area contributed by atoms with E-state index in [9.17, 15) is 8.42 Å². The predicted molar refractivity (Wildman–Crippen MR) is 93.6 cm³/mol. The first kappa shape index (κ1) is 17.4. The number of pyridine rings is 1. The Hall–Kier alpha value is -1.92. The van der Waals surface area contributed by atoms with Crippen molar-refractivity contribution in [2.24, 2.45) is 0 Å². The minimum atomic E-state index is -3.34. The zero-order chi connectivity index (χ0) is 16.9. The molecule has 2 rings (SSSR count). The molecule has 124 valence electrons. The molecule has 0 bridgehead atoms. The molecular formula is C17H23N3O2S. The molecule has 0 fully saturated rings. The Morgan fingerprint density at radius 1 is 1.04 bits per heavy atom. The Balaban J connectivity index is 2.11. The molecule has 0 saturated carbocycles. The second-order valence-electron chi connectivity index (χ2n) is 5.82. The summed E-state index contributed by atoms with van der Waals surface area (Å²) in [7, 11) is -3.34. The molecule has 0 aliphatic rings. The normalized spacial score (nSPS) is 11.7. The lowest BCUT2D eigenvalue weighted by Crippen LogP contribution is -2.31. The summed E-state index contributed by atoms with van der Waals surface area (Å²) >= 11 is 0. The van der Waals surface area contributed by atoms with Crippen molar-refractivity contribution in [3.63, 3.8) is 0 Å². The van der Waals surface area contributed by atoms with Gasteiger partial charge in [0.1, 0.15) is 5.82 Å². The molecule has 1 heterocycles. The highest BCUT2D eigenvalue weighted by Crippen LogP contribution is 2.14. The number of benzene rings is 1. The third-order valence-corrected chi connectivity index (χ3v) is 4.75. The fourth-order valence-corrected chi connectivity index (χ4v) is 3.80. The highest BCUT2D eigenvalue weighted by atomic mass is 32.2. The van der Waals surface area contributed by atoms with Gasteiger partial charge in [-0.1, -0.05) is 30.3 Å². The van der Waals surface area contributed by atoms with Crippen LogP contribution in [0.5, 0.6) is 0 Å². The molecule has 0 spiro atoms. The van der Waals surface area contributed by atoms with E-state index in [0.717, 1.165) is 22.6 Å². The highest BCUT2D eigenvalue weighted by molar-refractivity contribution is 7.88. The van der Waals surface area contributed by atoms with E-state index in [1.807, 2.05) is 63.2 Å². The monoisotopic (exact) mass is 333 g/mol. The number of aromatic nitrogens is 1. The van der Waals surface area contributed by atoms with Crippen LogP contribution in [0.2, 0.25) is 0 Å². The summed E-state index contributed by atoms with van der Waals surface area (Å²) in [5, 5.41) is 3.24. The third-order valence-electron chi connectivity index (χ3n) is 3.23. The summed E-state index contributed by atoms with van der Waals surface area (Å²) < 4.78 is 26.9. The van der Waals surface area contributed by atoms with Crippen molar-refractivity contribution >= 4 is 15.8 Å². The van der Waals surface area contributed by atoms with Crippen LogP contribution in [0.25, 0.3) is 0 Å². The van der Waals surface area contributed by atoms with E-state index in [1.165, 1.54) is 0 Å². The van der Waals surface area contributed by atoms with Crippen LogP contribution in [0.1, 0.15) is 30.7 Å². The summed E-state index contributed by atoms with van der Waals surface area (Å²) in [6, 6.07) is 13.2. The molecule has 0 aliphatic carbocycles. The van der Waals surface area contributed by atoms with Gasteiger partial charge in [-0.05, 0) is 44.0 Å². The summed E-state index contributed by atoms with van der Waals surface area (Å²) in [5.41, 5.74) is 2.68. The number of sulfonamides is 1. The molecule has 1 aromatic heterocycles. The lowest BCUT2D eigenvalue weighted by molar-refractivity contribution is 0.569. The third kappa shape index (κ3) is 5.65. The zero-order valence-electron chi connectivity index (χ0n) is 13.7. The van der Waals surface area contributed by atoms with Gasteiger partial charge in [-0.25, -0.2) is 18.1 Å². The van der Waals surface area contributed by atoms with E-state index < -0.39 is 10.0 Å². The van der Waals surface area contributed by atoms with Crippen LogP contribution < -0.4 is 10.0 Å². The van der Waals surface area contributed by atoms with Crippen LogP contribution in [0.3, 0.4) is 0 Å². The molecule has 23 heavy (non-hydrogen) atoms. The van der Waals surface area contributed by atoms with Crippen molar-refractivity contribution < 1.29 is 8.42 Å². The maximum absolute atomic E-state index is 12.1. The summed E-state index contributed by atoms with van der Waals surface area (Å²) in [5.74, 6) is 0.757. The molecule has 6 heteroatoms. The average molecular weight is 333 g/mol. The van der Waals surface area contributed by atoms with E-state index in [1.54, 1.807) is 0 Å². The van der Waals surface area contributed by atoms with Crippen molar-refractivity contribution in [2.75, 3.05) is 5.32 Å². The minimum Gasteiger partial charge on any atom is -0.366 e. The number of anilines is 1. The first-order valence-electron chi connectivity index (χ1n) is 7.60. The molecule has 2 N–H and O–H groups in total. The molecule has 5 nitrogen and oxygen atoms in total. The minimum absolute atomic E-state index is 0.0235.